The van der Waals surface area contributed by atoms with Crippen LogP contribution in [0.2, 0.25) is 5.02 Å². The van der Waals surface area contributed by atoms with Gasteiger partial charge < -0.3 is 10.6 Å². The Morgan fingerprint density at radius 2 is 2.04 bits per heavy atom. The van der Waals surface area contributed by atoms with E-state index < -0.39 is 0 Å². The van der Waals surface area contributed by atoms with Gasteiger partial charge >= 0.3 is 0 Å². The SMILES string of the molecule is Cc1ccc(Cl)cc1Nc1nc2nc(C)c(NCC3CC3)cn2n1. The van der Waals surface area contributed by atoms with Crippen LogP contribution in [0, 0.1) is 19.8 Å². The first-order valence-corrected chi connectivity index (χ1v) is 8.47. The summed E-state index contributed by atoms with van der Waals surface area (Å²) in [6.45, 7) is 4.99. The predicted molar refractivity (Wildman–Crippen MR) is 96.2 cm³/mol. The lowest BCUT2D eigenvalue weighted by molar-refractivity contribution is 0.873. The molecule has 1 saturated carbocycles. The van der Waals surface area contributed by atoms with Gasteiger partial charge in [0.15, 0.2) is 0 Å². The van der Waals surface area contributed by atoms with Crippen molar-refractivity contribution in [2.75, 3.05) is 17.2 Å². The summed E-state index contributed by atoms with van der Waals surface area (Å²) in [5, 5.41) is 11.8. The van der Waals surface area contributed by atoms with Gasteiger partial charge in [0.25, 0.3) is 5.78 Å². The molecule has 124 valence electrons. The normalized spacial score (nSPS) is 14.1. The van der Waals surface area contributed by atoms with Gasteiger partial charge in [0.2, 0.25) is 5.95 Å². The van der Waals surface area contributed by atoms with E-state index in [4.69, 9.17) is 11.6 Å². The fourth-order valence-corrected chi connectivity index (χ4v) is 2.73. The van der Waals surface area contributed by atoms with E-state index in [2.05, 4.69) is 25.7 Å². The number of benzene rings is 1. The predicted octanol–water partition coefficient (Wildman–Crippen LogP) is 3.96. The average molecular weight is 343 g/mol. The molecule has 0 aliphatic heterocycles. The fraction of sp³-hybridized carbons (Fsp3) is 0.353. The van der Waals surface area contributed by atoms with Gasteiger partial charge in [-0.25, -0.2) is 9.50 Å². The number of aryl methyl sites for hydroxylation is 2. The number of halogens is 1. The van der Waals surface area contributed by atoms with Crippen LogP contribution in [0.15, 0.2) is 24.4 Å². The minimum absolute atomic E-state index is 0.506. The maximum Gasteiger partial charge on any atom is 0.254 e. The monoisotopic (exact) mass is 342 g/mol. The van der Waals surface area contributed by atoms with E-state index in [9.17, 15) is 0 Å². The summed E-state index contributed by atoms with van der Waals surface area (Å²) in [4.78, 5) is 8.98. The minimum Gasteiger partial charge on any atom is -0.382 e. The van der Waals surface area contributed by atoms with Gasteiger partial charge in [-0.3, -0.25) is 0 Å². The van der Waals surface area contributed by atoms with Crippen molar-refractivity contribution in [2.24, 2.45) is 5.92 Å². The molecular weight excluding hydrogens is 324 g/mol. The molecule has 0 radical (unpaired) electrons. The number of hydrogen-bond acceptors (Lipinski definition) is 5. The molecule has 2 aromatic heterocycles. The van der Waals surface area contributed by atoms with E-state index in [0.717, 1.165) is 35.1 Å². The second kappa shape index (κ2) is 5.94. The van der Waals surface area contributed by atoms with E-state index in [0.29, 0.717) is 16.7 Å². The highest BCUT2D eigenvalue weighted by atomic mass is 35.5. The Morgan fingerprint density at radius 1 is 1.21 bits per heavy atom. The number of hydrogen-bond donors (Lipinski definition) is 2. The zero-order valence-electron chi connectivity index (χ0n) is 13.7. The largest absolute Gasteiger partial charge is 0.382 e. The first kappa shape index (κ1) is 15.2. The Kier molecular flexibility index (Phi) is 3.76. The van der Waals surface area contributed by atoms with Crippen LogP contribution in [0.3, 0.4) is 0 Å². The van der Waals surface area contributed by atoms with Crippen molar-refractivity contribution in [2.45, 2.75) is 26.7 Å². The molecule has 1 fully saturated rings. The van der Waals surface area contributed by atoms with Crippen molar-refractivity contribution < 1.29 is 0 Å². The van der Waals surface area contributed by atoms with E-state index in [-0.39, 0.29) is 0 Å². The van der Waals surface area contributed by atoms with Crippen LogP contribution in [-0.2, 0) is 0 Å². The van der Waals surface area contributed by atoms with Gasteiger partial charge in [0.05, 0.1) is 17.6 Å². The zero-order chi connectivity index (χ0) is 16.7. The van der Waals surface area contributed by atoms with Gasteiger partial charge in [0.1, 0.15) is 0 Å². The summed E-state index contributed by atoms with van der Waals surface area (Å²) >= 11 is 6.06. The highest BCUT2D eigenvalue weighted by Crippen LogP contribution is 2.29. The summed E-state index contributed by atoms with van der Waals surface area (Å²) in [7, 11) is 0. The highest BCUT2D eigenvalue weighted by molar-refractivity contribution is 6.30. The summed E-state index contributed by atoms with van der Waals surface area (Å²) in [5.74, 6) is 1.89. The molecule has 1 aromatic carbocycles. The summed E-state index contributed by atoms with van der Waals surface area (Å²) < 4.78 is 1.70. The van der Waals surface area contributed by atoms with Crippen LogP contribution in [0.4, 0.5) is 17.3 Å². The molecule has 0 bridgehead atoms. The van der Waals surface area contributed by atoms with E-state index >= 15 is 0 Å². The Bertz CT molecular complexity index is 899. The van der Waals surface area contributed by atoms with Gasteiger partial charge in [0, 0.05) is 17.3 Å². The third kappa shape index (κ3) is 3.14. The quantitative estimate of drug-likeness (QED) is 0.734. The third-order valence-corrected chi connectivity index (χ3v) is 4.48. The molecule has 0 spiro atoms. The van der Waals surface area contributed by atoms with Crippen molar-refractivity contribution in [3.63, 3.8) is 0 Å². The number of anilines is 3. The number of rotatable bonds is 5. The molecule has 3 aromatic rings. The first-order valence-electron chi connectivity index (χ1n) is 8.09. The molecule has 0 unspecified atom stereocenters. The number of nitrogens with zero attached hydrogens (tertiary/aromatic N) is 4. The Labute approximate surface area is 145 Å². The van der Waals surface area contributed by atoms with Crippen molar-refractivity contribution in [1.82, 2.24) is 19.6 Å². The van der Waals surface area contributed by atoms with Crippen LogP contribution in [0.25, 0.3) is 5.78 Å². The molecule has 2 N–H and O–H groups in total. The Hall–Kier alpha value is -2.34. The molecule has 1 aliphatic rings. The average Bonchev–Trinajstić information content (AvgIpc) is 3.29. The summed E-state index contributed by atoms with van der Waals surface area (Å²) in [6.07, 6.45) is 4.58. The molecule has 24 heavy (non-hydrogen) atoms. The van der Waals surface area contributed by atoms with Crippen molar-refractivity contribution in [1.29, 1.82) is 0 Å². The van der Waals surface area contributed by atoms with Gasteiger partial charge in [-0.15, -0.1) is 5.10 Å². The van der Waals surface area contributed by atoms with E-state index in [1.54, 1.807) is 4.52 Å². The van der Waals surface area contributed by atoms with Crippen LogP contribution in [0.1, 0.15) is 24.1 Å². The molecule has 6 nitrogen and oxygen atoms in total. The first-order chi connectivity index (χ1) is 11.6. The Balaban J connectivity index is 1.61. The molecule has 0 amide bonds. The lowest BCUT2D eigenvalue weighted by atomic mass is 10.2. The molecule has 7 heteroatoms. The molecular formula is C17H19ClN6. The van der Waals surface area contributed by atoms with Gasteiger partial charge in [-0.2, -0.15) is 4.98 Å². The Morgan fingerprint density at radius 3 is 2.83 bits per heavy atom. The number of aromatic nitrogens is 4. The zero-order valence-corrected chi connectivity index (χ0v) is 14.4. The fourth-order valence-electron chi connectivity index (χ4n) is 2.56. The van der Waals surface area contributed by atoms with Crippen molar-refractivity contribution >= 4 is 34.7 Å². The lowest BCUT2D eigenvalue weighted by Gasteiger charge is -2.07. The topological polar surface area (TPSA) is 67.1 Å². The molecule has 1 aliphatic carbocycles. The van der Waals surface area contributed by atoms with Crippen LogP contribution >= 0.6 is 11.6 Å². The minimum atomic E-state index is 0.506. The molecule has 2 heterocycles. The molecule has 0 atom stereocenters. The standard InChI is InChI=1S/C17H19ClN6/c1-10-3-6-13(18)7-14(10)21-16-22-17-20-11(2)15(9-24(17)23-16)19-8-12-4-5-12/h3,6-7,9,12,19H,4-5,8H2,1-2H3,(H,21,23). The van der Waals surface area contributed by atoms with Crippen LogP contribution in [0.5, 0.6) is 0 Å². The third-order valence-electron chi connectivity index (χ3n) is 4.25. The van der Waals surface area contributed by atoms with E-state index in [1.807, 2.05) is 38.2 Å². The second-order valence-electron chi connectivity index (χ2n) is 6.33. The number of nitrogens with one attached hydrogen (secondary N) is 2. The van der Waals surface area contributed by atoms with Crippen molar-refractivity contribution in [3.8, 4) is 0 Å². The summed E-state index contributed by atoms with van der Waals surface area (Å²) in [5.41, 5.74) is 3.90. The summed E-state index contributed by atoms with van der Waals surface area (Å²) in [6, 6.07) is 5.69. The molecule has 4 rings (SSSR count). The number of fused-ring (bicyclic) bond motifs is 1. The lowest BCUT2D eigenvalue weighted by Crippen LogP contribution is -2.07. The van der Waals surface area contributed by atoms with Crippen LogP contribution in [-0.4, -0.2) is 26.1 Å². The highest BCUT2D eigenvalue weighted by Gasteiger charge is 2.21. The molecule has 0 saturated heterocycles. The maximum atomic E-state index is 6.06. The van der Waals surface area contributed by atoms with Gasteiger partial charge in [-0.1, -0.05) is 17.7 Å². The van der Waals surface area contributed by atoms with Crippen molar-refractivity contribution in [3.05, 3.63) is 40.7 Å². The van der Waals surface area contributed by atoms with Gasteiger partial charge in [-0.05, 0) is 50.3 Å². The van der Waals surface area contributed by atoms with E-state index in [1.165, 1.54) is 12.8 Å². The second-order valence-corrected chi connectivity index (χ2v) is 6.76. The maximum absolute atomic E-state index is 6.06. The van der Waals surface area contributed by atoms with Crippen LogP contribution < -0.4 is 10.6 Å². The smallest absolute Gasteiger partial charge is 0.254 e.